The molecule has 0 radical (unpaired) electrons. The molecule has 6 nitrogen and oxygen atoms in total. The van der Waals surface area contributed by atoms with Crippen LogP contribution in [-0.2, 0) is 20.5 Å². The van der Waals surface area contributed by atoms with Gasteiger partial charge in [-0.15, -0.1) is 0 Å². The number of carbonyl (C=O) groups excluding carboxylic acids is 1. The molecular formula is C28H35BClNO5. The fourth-order valence-corrected chi connectivity index (χ4v) is 4.64. The largest absolute Gasteiger partial charge is 0.497 e. The van der Waals surface area contributed by atoms with Crippen molar-refractivity contribution in [3.63, 3.8) is 0 Å². The molecule has 0 amide bonds. The van der Waals surface area contributed by atoms with Crippen molar-refractivity contribution in [3.05, 3.63) is 57.7 Å². The topological polar surface area (TPSA) is 69.8 Å². The number of halogens is 1. The molecule has 8 heteroatoms. The van der Waals surface area contributed by atoms with Gasteiger partial charge in [-0.25, -0.2) is 4.79 Å². The van der Waals surface area contributed by atoms with Crippen molar-refractivity contribution in [1.29, 1.82) is 0 Å². The van der Waals surface area contributed by atoms with Crippen molar-refractivity contribution in [2.75, 3.05) is 13.2 Å². The third-order valence-electron chi connectivity index (χ3n) is 7.21. The molecule has 36 heavy (non-hydrogen) atoms. The van der Waals surface area contributed by atoms with Gasteiger partial charge in [0.1, 0.15) is 11.4 Å². The predicted octanol–water partition coefficient (Wildman–Crippen LogP) is 5.93. The van der Waals surface area contributed by atoms with Gasteiger partial charge in [-0.1, -0.05) is 29.8 Å². The Balaban J connectivity index is 1.60. The summed E-state index contributed by atoms with van der Waals surface area (Å²) in [6.45, 7) is 14.7. The summed E-state index contributed by atoms with van der Waals surface area (Å²) in [5.74, 6) is 0.426. The van der Waals surface area contributed by atoms with Crippen LogP contribution in [0, 0.1) is 13.8 Å². The van der Waals surface area contributed by atoms with Crippen LogP contribution >= 0.6 is 11.6 Å². The number of benzene rings is 2. The molecule has 3 aromatic rings. The van der Waals surface area contributed by atoms with Crippen LogP contribution in [-0.4, -0.2) is 42.5 Å². The number of H-pyrrole nitrogens is 1. The summed E-state index contributed by atoms with van der Waals surface area (Å²) in [7, 11) is -0.542. The van der Waals surface area contributed by atoms with E-state index in [-0.39, 0.29) is 5.97 Å². The van der Waals surface area contributed by atoms with Gasteiger partial charge in [0, 0.05) is 21.4 Å². The second-order valence-electron chi connectivity index (χ2n) is 10.4. The Bertz CT molecular complexity index is 1240. The van der Waals surface area contributed by atoms with Crippen molar-refractivity contribution >= 4 is 41.1 Å². The third kappa shape index (κ3) is 5.02. The molecule has 0 bridgehead atoms. The maximum absolute atomic E-state index is 12.9. The quantitative estimate of drug-likeness (QED) is 0.231. The lowest BCUT2D eigenvalue weighted by Gasteiger charge is -2.32. The zero-order valence-corrected chi connectivity index (χ0v) is 23.0. The van der Waals surface area contributed by atoms with E-state index >= 15 is 0 Å². The van der Waals surface area contributed by atoms with Crippen LogP contribution in [0.3, 0.4) is 0 Å². The molecule has 0 atom stereocenters. The number of ether oxygens (including phenoxy) is 2. The molecular weight excluding hydrogens is 477 g/mol. The van der Waals surface area contributed by atoms with Gasteiger partial charge in [-0.05, 0) is 90.1 Å². The first-order valence-electron chi connectivity index (χ1n) is 12.5. The van der Waals surface area contributed by atoms with E-state index in [1.165, 1.54) is 0 Å². The summed E-state index contributed by atoms with van der Waals surface area (Å²) in [4.78, 5) is 16.2. The average molecular weight is 512 g/mol. The molecule has 1 aliphatic heterocycles. The van der Waals surface area contributed by atoms with Gasteiger partial charge in [0.05, 0.1) is 24.4 Å². The number of fused-ring (bicyclic) bond motifs is 1. The minimum atomic E-state index is -0.542. The molecule has 1 aromatic heterocycles. The van der Waals surface area contributed by atoms with E-state index in [1.807, 2.05) is 71.9 Å². The molecule has 1 fully saturated rings. The number of aromatic amines is 1. The van der Waals surface area contributed by atoms with E-state index in [4.69, 9.17) is 30.4 Å². The Morgan fingerprint density at radius 1 is 1.08 bits per heavy atom. The van der Waals surface area contributed by atoms with E-state index in [2.05, 4.69) is 4.98 Å². The number of para-hydroxylation sites is 1. The van der Waals surface area contributed by atoms with Crippen molar-refractivity contribution in [3.8, 4) is 5.75 Å². The van der Waals surface area contributed by atoms with Crippen LogP contribution in [0.15, 0.2) is 30.3 Å². The van der Waals surface area contributed by atoms with Crippen LogP contribution in [0.4, 0.5) is 0 Å². The van der Waals surface area contributed by atoms with E-state index in [1.54, 1.807) is 6.92 Å². The SMILES string of the molecule is CCOC(=O)c1[nH]c2c(B3OC(C)(C)C(C)(C)O3)cccc2c1CCCOc1cc(C)c(Cl)c(C)c1. The smallest absolute Gasteiger partial charge is 0.494 e. The van der Waals surface area contributed by atoms with Crippen molar-refractivity contribution < 1.29 is 23.6 Å². The summed E-state index contributed by atoms with van der Waals surface area (Å²) >= 11 is 6.28. The lowest BCUT2D eigenvalue weighted by molar-refractivity contribution is 0.00578. The zero-order valence-electron chi connectivity index (χ0n) is 22.2. The fourth-order valence-electron chi connectivity index (χ4n) is 4.53. The average Bonchev–Trinajstić information content (AvgIpc) is 3.28. The molecule has 2 heterocycles. The Morgan fingerprint density at radius 2 is 1.72 bits per heavy atom. The molecule has 0 unspecified atom stereocenters. The molecule has 0 spiro atoms. The molecule has 1 N–H and O–H groups in total. The summed E-state index contributed by atoms with van der Waals surface area (Å²) in [6, 6.07) is 9.87. The third-order valence-corrected chi connectivity index (χ3v) is 7.81. The summed E-state index contributed by atoms with van der Waals surface area (Å²) in [6.07, 6.45) is 1.37. The second-order valence-corrected chi connectivity index (χ2v) is 10.8. The first-order chi connectivity index (χ1) is 16.9. The molecule has 1 aliphatic rings. The van der Waals surface area contributed by atoms with E-state index in [0.717, 1.165) is 50.2 Å². The molecule has 0 aliphatic carbocycles. The van der Waals surface area contributed by atoms with Gasteiger partial charge in [-0.2, -0.15) is 0 Å². The Morgan fingerprint density at radius 3 is 2.33 bits per heavy atom. The standard InChI is InChI=1S/C28H35BClNO5/c1-8-33-26(32)25-21(12-10-14-34-19-15-17(2)23(30)18(3)16-19)20-11-9-13-22(24(20)31-25)29-35-27(4,5)28(6,7)36-29/h9,11,13,15-16,31H,8,10,12,14H2,1-7H3. The van der Waals surface area contributed by atoms with Gasteiger partial charge in [0.15, 0.2) is 0 Å². The van der Waals surface area contributed by atoms with Crippen LogP contribution in [0.25, 0.3) is 10.9 Å². The number of carbonyl (C=O) groups is 1. The zero-order chi connectivity index (χ0) is 26.3. The number of hydrogen-bond donors (Lipinski definition) is 1. The molecule has 4 rings (SSSR count). The monoisotopic (exact) mass is 511 g/mol. The maximum Gasteiger partial charge on any atom is 0.497 e. The molecule has 1 saturated heterocycles. The summed E-state index contributed by atoms with van der Waals surface area (Å²) in [5, 5.41) is 1.72. The predicted molar refractivity (Wildman–Crippen MR) is 145 cm³/mol. The minimum absolute atomic E-state index is 0.302. The summed E-state index contributed by atoms with van der Waals surface area (Å²) < 4.78 is 24.0. The van der Waals surface area contributed by atoms with Gasteiger partial charge in [-0.3, -0.25) is 0 Å². The summed E-state index contributed by atoms with van der Waals surface area (Å²) in [5.41, 5.74) is 4.13. The van der Waals surface area contributed by atoms with Crippen molar-refractivity contribution in [1.82, 2.24) is 4.98 Å². The maximum atomic E-state index is 12.9. The molecule has 0 saturated carbocycles. The van der Waals surface area contributed by atoms with Gasteiger partial charge in [0.2, 0.25) is 0 Å². The molecule has 2 aromatic carbocycles. The first-order valence-corrected chi connectivity index (χ1v) is 12.9. The minimum Gasteiger partial charge on any atom is -0.494 e. The Kier molecular flexibility index (Phi) is 7.47. The van der Waals surface area contributed by atoms with Gasteiger partial charge >= 0.3 is 13.1 Å². The Hall–Kier alpha value is -2.48. The Labute approximate surface area is 218 Å². The number of hydrogen-bond acceptors (Lipinski definition) is 5. The lowest BCUT2D eigenvalue weighted by atomic mass is 9.77. The highest BCUT2D eigenvalue weighted by Crippen LogP contribution is 2.37. The van der Waals surface area contributed by atoms with E-state index in [9.17, 15) is 4.79 Å². The second kappa shape index (κ2) is 10.1. The molecule has 192 valence electrons. The van der Waals surface area contributed by atoms with Gasteiger partial charge in [0.25, 0.3) is 0 Å². The number of esters is 1. The normalized spacial score (nSPS) is 16.5. The fraction of sp³-hybridized carbons (Fsp3) is 0.464. The number of aromatic nitrogens is 1. The number of nitrogens with one attached hydrogen (secondary N) is 1. The van der Waals surface area contributed by atoms with E-state index in [0.29, 0.717) is 25.3 Å². The van der Waals surface area contributed by atoms with Crippen molar-refractivity contribution in [2.24, 2.45) is 0 Å². The van der Waals surface area contributed by atoms with Crippen LogP contribution < -0.4 is 10.2 Å². The van der Waals surface area contributed by atoms with Crippen LogP contribution in [0.2, 0.25) is 5.02 Å². The van der Waals surface area contributed by atoms with E-state index < -0.39 is 18.3 Å². The lowest BCUT2D eigenvalue weighted by Crippen LogP contribution is -2.41. The number of rotatable bonds is 8. The van der Waals surface area contributed by atoms with Crippen molar-refractivity contribution in [2.45, 2.75) is 72.5 Å². The number of aryl methyl sites for hydroxylation is 3. The first kappa shape index (κ1) is 26.6. The van der Waals surface area contributed by atoms with Gasteiger partial charge < -0.3 is 23.8 Å². The highest BCUT2D eigenvalue weighted by atomic mass is 35.5. The van der Waals surface area contributed by atoms with Crippen LogP contribution in [0.5, 0.6) is 5.75 Å². The highest BCUT2D eigenvalue weighted by Gasteiger charge is 2.52. The highest BCUT2D eigenvalue weighted by molar-refractivity contribution is 6.65. The van der Waals surface area contributed by atoms with Crippen LogP contribution in [0.1, 0.15) is 68.2 Å².